The second kappa shape index (κ2) is 9.34. The number of amides is 1. The van der Waals surface area contributed by atoms with Crippen LogP contribution in [0.15, 0.2) is 0 Å². The van der Waals surface area contributed by atoms with Gasteiger partial charge in [0, 0.05) is 19.7 Å². The predicted octanol–water partition coefficient (Wildman–Crippen LogP) is -0.220. The minimum absolute atomic E-state index is 0.132. The van der Waals surface area contributed by atoms with E-state index in [0.717, 1.165) is 19.4 Å². The maximum Gasteiger partial charge on any atom is 0.306 e. The van der Waals surface area contributed by atoms with E-state index in [1.807, 2.05) is 4.90 Å². The summed E-state index contributed by atoms with van der Waals surface area (Å²) in [4.78, 5) is 24.8. The first-order valence-electron chi connectivity index (χ1n) is 6.76. The zero-order chi connectivity index (χ0) is 14.8. The van der Waals surface area contributed by atoms with Gasteiger partial charge in [-0.25, -0.2) is 0 Å². The normalized spacial score (nSPS) is 17.8. The van der Waals surface area contributed by atoms with E-state index in [9.17, 15) is 9.59 Å². The number of carbonyl (C=O) groups is 2. The quantitative estimate of drug-likeness (QED) is 0.492. The van der Waals surface area contributed by atoms with Gasteiger partial charge >= 0.3 is 5.97 Å². The largest absolute Gasteiger partial charge is 0.469 e. The zero-order valence-electron chi connectivity index (χ0n) is 11.9. The summed E-state index contributed by atoms with van der Waals surface area (Å²) in [5.41, 5.74) is 0. The Kier molecular flexibility index (Phi) is 7.70. The lowest BCUT2D eigenvalue weighted by molar-refractivity contribution is -0.141. The van der Waals surface area contributed by atoms with Crippen molar-refractivity contribution in [3.63, 3.8) is 0 Å². The Morgan fingerprint density at radius 3 is 2.95 bits per heavy atom. The van der Waals surface area contributed by atoms with E-state index in [4.69, 9.17) is 11.2 Å². The molecular formula is C14H22N2O4. The molecule has 0 saturated carbocycles. The third-order valence-corrected chi connectivity index (χ3v) is 3.10. The van der Waals surface area contributed by atoms with Gasteiger partial charge in [-0.3, -0.25) is 14.5 Å². The Hall–Kier alpha value is -1.58. The molecule has 0 spiro atoms. The molecule has 20 heavy (non-hydrogen) atoms. The molecule has 0 aromatic heterocycles. The van der Waals surface area contributed by atoms with E-state index in [1.54, 1.807) is 0 Å². The summed E-state index contributed by atoms with van der Waals surface area (Å²) in [6, 6.07) is 0. The highest BCUT2D eigenvalue weighted by molar-refractivity contribution is 5.78. The predicted molar refractivity (Wildman–Crippen MR) is 73.9 cm³/mol. The standard InChI is InChI=1S/C14H22N2O4/c1-3-7-15-13(17)11-16(8-6-14(18)19-2)10-12-5-4-9-20-12/h1,12H,4-11H2,2H3,(H,15,17). The van der Waals surface area contributed by atoms with Crippen molar-refractivity contribution in [1.82, 2.24) is 10.2 Å². The molecule has 1 aliphatic heterocycles. The van der Waals surface area contributed by atoms with E-state index >= 15 is 0 Å². The average Bonchev–Trinajstić information content (AvgIpc) is 2.95. The number of nitrogens with one attached hydrogen (secondary N) is 1. The zero-order valence-corrected chi connectivity index (χ0v) is 11.9. The van der Waals surface area contributed by atoms with Gasteiger partial charge < -0.3 is 14.8 Å². The molecule has 6 nitrogen and oxygen atoms in total. The highest BCUT2D eigenvalue weighted by Crippen LogP contribution is 2.13. The van der Waals surface area contributed by atoms with Gasteiger partial charge in [0.15, 0.2) is 0 Å². The smallest absolute Gasteiger partial charge is 0.306 e. The molecule has 1 unspecified atom stereocenters. The van der Waals surface area contributed by atoms with Crippen LogP contribution in [0.2, 0.25) is 0 Å². The Balaban J connectivity index is 2.42. The molecule has 1 atom stereocenters. The molecule has 1 N–H and O–H groups in total. The Morgan fingerprint density at radius 1 is 1.55 bits per heavy atom. The molecule has 1 rings (SSSR count). The van der Waals surface area contributed by atoms with Crippen LogP contribution in [0.1, 0.15) is 19.3 Å². The van der Waals surface area contributed by atoms with E-state index < -0.39 is 0 Å². The number of rotatable bonds is 8. The van der Waals surface area contributed by atoms with Gasteiger partial charge in [0.2, 0.25) is 5.91 Å². The highest BCUT2D eigenvalue weighted by atomic mass is 16.5. The Labute approximate surface area is 119 Å². The molecule has 6 heteroatoms. The molecule has 0 aromatic rings. The number of esters is 1. The van der Waals surface area contributed by atoms with Crippen molar-refractivity contribution in [1.29, 1.82) is 0 Å². The van der Waals surface area contributed by atoms with Gasteiger partial charge in [0.25, 0.3) is 0 Å². The number of hydrogen-bond donors (Lipinski definition) is 1. The van der Waals surface area contributed by atoms with Crippen molar-refractivity contribution in [3.8, 4) is 12.3 Å². The number of methoxy groups -OCH3 is 1. The van der Waals surface area contributed by atoms with Crippen LogP contribution in [0.5, 0.6) is 0 Å². The minimum atomic E-state index is -0.286. The summed E-state index contributed by atoms with van der Waals surface area (Å²) >= 11 is 0. The van der Waals surface area contributed by atoms with Gasteiger partial charge in [0.05, 0.1) is 32.7 Å². The van der Waals surface area contributed by atoms with Crippen molar-refractivity contribution in [3.05, 3.63) is 0 Å². The molecule has 1 saturated heterocycles. The minimum Gasteiger partial charge on any atom is -0.469 e. The van der Waals surface area contributed by atoms with E-state index in [0.29, 0.717) is 13.1 Å². The summed E-state index contributed by atoms with van der Waals surface area (Å²) in [5.74, 6) is 1.92. The molecule has 1 amide bonds. The molecule has 1 aliphatic rings. The first-order valence-corrected chi connectivity index (χ1v) is 6.76. The van der Waals surface area contributed by atoms with Crippen LogP contribution in [-0.4, -0.2) is 62.8 Å². The topological polar surface area (TPSA) is 67.9 Å². The van der Waals surface area contributed by atoms with Gasteiger partial charge in [0.1, 0.15) is 0 Å². The molecule has 1 heterocycles. The average molecular weight is 282 g/mol. The summed E-state index contributed by atoms with van der Waals surface area (Å²) in [5, 5.41) is 2.62. The Morgan fingerprint density at radius 2 is 2.35 bits per heavy atom. The van der Waals surface area contributed by atoms with E-state index in [1.165, 1.54) is 7.11 Å². The molecule has 0 aromatic carbocycles. The number of hydrogen-bond acceptors (Lipinski definition) is 5. The number of carbonyl (C=O) groups excluding carboxylic acids is 2. The van der Waals surface area contributed by atoms with Crippen molar-refractivity contribution < 1.29 is 19.1 Å². The number of terminal acetylenes is 1. The summed E-state index contributed by atoms with van der Waals surface area (Å²) in [6.45, 7) is 2.29. The van der Waals surface area contributed by atoms with Crippen molar-refractivity contribution in [2.24, 2.45) is 0 Å². The number of nitrogens with zero attached hydrogens (tertiary/aromatic N) is 1. The summed E-state index contributed by atoms with van der Waals surface area (Å²) in [7, 11) is 1.35. The van der Waals surface area contributed by atoms with E-state index in [2.05, 4.69) is 16.0 Å². The van der Waals surface area contributed by atoms with Crippen LogP contribution in [0.3, 0.4) is 0 Å². The molecule has 0 bridgehead atoms. The van der Waals surface area contributed by atoms with Crippen LogP contribution >= 0.6 is 0 Å². The SMILES string of the molecule is C#CCNC(=O)CN(CCC(=O)OC)CC1CCCO1. The van der Waals surface area contributed by atoms with Crippen LogP contribution < -0.4 is 5.32 Å². The maximum atomic E-state index is 11.7. The molecule has 112 valence electrons. The molecule has 0 radical (unpaired) electrons. The van der Waals surface area contributed by atoms with Gasteiger partial charge in [-0.15, -0.1) is 6.42 Å². The van der Waals surface area contributed by atoms with Gasteiger partial charge in [-0.1, -0.05) is 5.92 Å². The first kappa shape index (κ1) is 16.5. The van der Waals surface area contributed by atoms with E-state index in [-0.39, 0.29) is 37.5 Å². The lowest BCUT2D eigenvalue weighted by atomic mass is 10.2. The van der Waals surface area contributed by atoms with Crippen LogP contribution in [0.25, 0.3) is 0 Å². The monoisotopic (exact) mass is 282 g/mol. The number of ether oxygens (including phenoxy) is 2. The fraction of sp³-hybridized carbons (Fsp3) is 0.714. The molecule has 0 aliphatic carbocycles. The van der Waals surface area contributed by atoms with Crippen molar-refractivity contribution >= 4 is 11.9 Å². The molecule has 1 fully saturated rings. The second-order valence-electron chi connectivity index (χ2n) is 4.68. The maximum absolute atomic E-state index is 11.7. The first-order chi connectivity index (χ1) is 9.65. The molecular weight excluding hydrogens is 260 g/mol. The van der Waals surface area contributed by atoms with Gasteiger partial charge in [-0.05, 0) is 12.8 Å². The van der Waals surface area contributed by atoms with Crippen LogP contribution in [0.4, 0.5) is 0 Å². The summed E-state index contributed by atoms with van der Waals surface area (Å²) in [6.07, 6.45) is 7.51. The Bertz CT molecular complexity index is 359. The van der Waals surface area contributed by atoms with Crippen molar-refractivity contribution in [2.75, 3.05) is 39.9 Å². The third kappa shape index (κ3) is 6.55. The lowest BCUT2D eigenvalue weighted by Crippen LogP contribution is -2.41. The van der Waals surface area contributed by atoms with Gasteiger partial charge in [-0.2, -0.15) is 0 Å². The van der Waals surface area contributed by atoms with Crippen LogP contribution in [0, 0.1) is 12.3 Å². The highest BCUT2D eigenvalue weighted by Gasteiger charge is 2.21. The second-order valence-corrected chi connectivity index (χ2v) is 4.68. The lowest BCUT2D eigenvalue weighted by Gasteiger charge is -2.24. The summed E-state index contributed by atoms with van der Waals surface area (Å²) < 4.78 is 10.2. The fourth-order valence-corrected chi connectivity index (χ4v) is 2.07. The fourth-order valence-electron chi connectivity index (χ4n) is 2.07. The van der Waals surface area contributed by atoms with Crippen molar-refractivity contribution in [2.45, 2.75) is 25.4 Å². The third-order valence-electron chi connectivity index (χ3n) is 3.10. The van der Waals surface area contributed by atoms with Crippen LogP contribution in [-0.2, 0) is 19.1 Å².